The van der Waals surface area contributed by atoms with Gasteiger partial charge in [0.1, 0.15) is 6.61 Å². The van der Waals surface area contributed by atoms with E-state index in [0.29, 0.717) is 11.4 Å². The molecule has 3 aromatic rings. The fraction of sp³-hybridized carbons (Fsp3) is 0.0625. The molecule has 21 heavy (non-hydrogen) atoms. The molecule has 0 aliphatic carbocycles. The Labute approximate surface area is 121 Å². The summed E-state index contributed by atoms with van der Waals surface area (Å²) in [6, 6.07) is 17.9. The summed E-state index contributed by atoms with van der Waals surface area (Å²) in [4.78, 5) is 14.9. The van der Waals surface area contributed by atoms with Crippen molar-refractivity contribution in [1.29, 1.82) is 0 Å². The second kappa shape index (κ2) is 5.58. The first kappa shape index (κ1) is 13.1. The highest BCUT2D eigenvalue weighted by Crippen LogP contribution is 2.21. The lowest BCUT2D eigenvalue weighted by Crippen LogP contribution is -2.01. The molecule has 0 saturated heterocycles. The number of ether oxygens (including phenoxy) is 1. The number of hydrogen-bond donors (Lipinski definition) is 0. The fourth-order valence-corrected chi connectivity index (χ4v) is 2.09. The predicted molar refractivity (Wildman–Crippen MR) is 79.2 cm³/mol. The van der Waals surface area contributed by atoms with Gasteiger partial charge >= 0.3 is 0 Å². The number of nitro groups is 1. The summed E-state index contributed by atoms with van der Waals surface area (Å²) in [5.41, 5.74) is 1.41. The van der Waals surface area contributed by atoms with Gasteiger partial charge in [-0.3, -0.25) is 10.1 Å². The highest BCUT2D eigenvalue weighted by Gasteiger charge is 2.12. The van der Waals surface area contributed by atoms with Crippen molar-refractivity contribution in [3.8, 4) is 5.88 Å². The molecule has 0 spiro atoms. The van der Waals surface area contributed by atoms with Crippen LogP contribution in [0.15, 0.2) is 60.7 Å². The normalized spacial score (nSPS) is 10.5. The number of pyridine rings is 1. The van der Waals surface area contributed by atoms with Crippen LogP contribution in [-0.2, 0) is 6.61 Å². The van der Waals surface area contributed by atoms with Crippen molar-refractivity contribution in [2.75, 3.05) is 0 Å². The zero-order valence-corrected chi connectivity index (χ0v) is 11.1. The van der Waals surface area contributed by atoms with Crippen molar-refractivity contribution in [3.05, 3.63) is 76.3 Å². The average molecular weight is 280 g/mol. The van der Waals surface area contributed by atoms with Crippen LogP contribution < -0.4 is 4.74 Å². The van der Waals surface area contributed by atoms with Gasteiger partial charge in [-0.05, 0) is 18.2 Å². The molecule has 1 aromatic heterocycles. The fourth-order valence-electron chi connectivity index (χ4n) is 2.09. The molecule has 0 radical (unpaired) electrons. The predicted octanol–water partition coefficient (Wildman–Crippen LogP) is 3.72. The Morgan fingerprint density at radius 1 is 1.00 bits per heavy atom. The highest BCUT2D eigenvalue weighted by atomic mass is 16.6. The van der Waals surface area contributed by atoms with Crippen LogP contribution in [0.4, 0.5) is 5.69 Å². The molecule has 0 fully saturated rings. The molecule has 0 atom stereocenters. The van der Waals surface area contributed by atoms with Gasteiger partial charge in [0.15, 0.2) is 0 Å². The van der Waals surface area contributed by atoms with Crippen LogP contribution in [0.1, 0.15) is 5.56 Å². The van der Waals surface area contributed by atoms with Gasteiger partial charge in [-0.2, -0.15) is 0 Å². The molecule has 2 aromatic carbocycles. The average Bonchev–Trinajstić information content (AvgIpc) is 2.53. The quantitative estimate of drug-likeness (QED) is 0.539. The maximum absolute atomic E-state index is 10.9. The van der Waals surface area contributed by atoms with E-state index in [1.807, 2.05) is 30.3 Å². The molecule has 0 bridgehead atoms. The Kier molecular flexibility index (Phi) is 3.47. The third-order valence-electron chi connectivity index (χ3n) is 3.14. The van der Waals surface area contributed by atoms with Gasteiger partial charge in [-0.1, -0.05) is 30.3 Å². The van der Waals surface area contributed by atoms with Gasteiger partial charge in [0, 0.05) is 17.5 Å². The second-order valence-electron chi connectivity index (χ2n) is 4.52. The molecule has 0 N–H and O–H groups in total. The summed E-state index contributed by atoms with van der Waals surface area (Å²) in [6.07, 6.45) is 0. The largest absolute Gasteiger partial charge is 0.473 e. The first-order chi connectivity index (χ1) is 10.2. The van der Waals surface area contributed by atoms with Crippen LogP contribution >= 0.6 is 0 Å². The smallest absolute Gasteiger partial charge is 0.276 e. The molecule has 0 saturated carbocycles. The van der Waals surface area contributed by atoms with E-state index in [9.17, 15) is 10.1 Å². The summed E-state index contributed by atoms with van der Waals surface area (Å²) in [7, 11) is 0. The summed E-state index contributed by atoms with van der Waals surface area (Å²) in [6.45, 7) is 0.114. The lowest BCUT2D eigenvalue weighted by atomic mass is 10.2. The van der Waals surface area contributed by atoms with Crippen LogP contribution in [0.2, 0.25) is 0 Å². The van der Waals surface area contributed by atoms with E-state index in [-0.39, 0.29) is 12.3 Å². The topological polar surface area (TPSA) is 65.3 Å². The number of para-hydroxylation sites is 2. The van der Waals surface area contributed by atoms with Crippen LogP contribution in [-0.4, -0.2) is 9.91 Å². The van der Waals surface area contributed by atoms with Crippen molar-refractivity contribution in [3.63, 3.8) is 0 Å². The first-order valence-corrected chi connectivity index (χ1v) is 6.45. The van der Waals surface area contributed by atoms with E-state index >= 15 is 0 Å². The summed E-state index contributed by atoms with van der Waals surface area (Å²) >= 11 is 0. The molecule has 104 valence electrons. The van der Waals surface area contributed by atoms with E-state index in [4.69, 9.17) is 4.74 Å². The minimum absolute atomic E-state index is 0.0540. The van der Waals surface area contributed by atoms with Crippen LogP contribution in [0.25, 0.3) is 10.9 Å². The highest BCUT2D eigenvalue weighted by molar-refractivity contribution is 5.78. The van der Waals surface area contributed by atoms with E-state index in [2.05, 4.69) is 4.98 Å². The van der Waals surface area contributed by atoms with Gasteiger partial charge < -0.3 is 4.74 Å². The minimum atomic E-state index is -0.410. The Hall–Kier alpha value is -2.95. The van der Waals surface area contributed by atoms with E-state index in [1.54, 1.807) is 24.3 Å². The van der Waals surface area contributed by atoms with E-state index in [1.165, 1.54) is 6.07 Å². The first-order valence-electron chi connectivity index (χ1n) is 6.45. The molecule has 5 nitrogen and oxygen atoms in total. The van der Waals surface area contributed by atoms with Crippen molar-refractivity contribution in [2.45, 2.75) is 6.61 Å². The van der Waals surface area contributed by atoms with Gasteiger partial charge in [0.05, 0.1) is 16.0 Å². The molecule has 1 heterocycles. The van der Waals surface area contributed by atoms with Gasteiger partial charge in [0.25, 0.3) is 5.69 Å². The van der Waals surface area contributed by atoms with Crippen molar-refractivity contribution in [1.82, 2.24) is 4.98 Å². The van der Waals surface area contributed by atoms with E-state index < -0.39 is 4.92 Å². The monoisotopic (exact) mass is 280 g/mol. The van der Waals surface area contributed by atoms with Gasteiger partial charge in [-0.15, -0.1) is 0 Å². The maximum atomic E-state index is 10.9. The molecule has 0 amide bonds. The standard InChI is InChI=1S/C16H12N2O3/c19-18(20)15-8-4-2-6-13(15)11-21-16-10-9-12-5-1-3-7-14(12)17-16/h1-10H,11H2. The molecule has 0 aliphatic heterocycles. The number of nitrogens with zero attached hydrogens (tertiary/aromatic N) is 2. The van der Waals surface area contributed by atoms with E-state index in [0.717, 1.165) is 10.9 Å². The second-order valence-corrected chi connectivity index (χ2v) is 4.52. The summed E-state index contributed by atoms with van der Waals surface area (Å²) in [5, 5.41) is 12.0. The number of fused-ring (bicyclic) bond motifs is 1. The van der Waals surface area contributed by atoms with Crippen molar-refractivity contribution < 1.29 is 9.66 Å². The summed E-state index contributed by atoms with van der Waals surface area (Å²) in [5.74, 6) is 0.451. The van der Waals surface area contributed by atoms with Crippen LogP contribution in [0.5, 0.6) is 5.88 Å². The molecule has 5 heteroatoms. The molecule has 0 aliphatic rings. The number of aromatic nitrogens is 1. The third kappa shape index (κ3) is 2.81. The number of benzene rings is 2. The van der Waals surface area contributed by atoms with Crippen LogP contribution in [0.3, 0.4) is 0 Å². The minimum Gasteiger partial charge on any atom is -0.473 e. The maximum Gasteiger partial charge on any atom is 0.276 e. The van der Waals surface area contributed by atoms with Crippen molar-refractivity contribution >= 4 is 16.6 Å². The zero-order valence-electron chi connectivity index (χ0n) is 11.1. The third-order valence-corrected chi connectivity index (χ3v) is 3.14. The lowest BCUT2D eigenvalue weighted by Gasteiger charge is -2.06. The van der Waals surface area contributed by atoms with Gasteiger partial charge in [-0.25, -0.2) is 4.98 Å². The number of hydrogen-bond acceptors (Lipinski definition) is 4. The summed E-state index contributed by atoms with van der Waals surface area (Å²) < 4.78 is 5.58. The lowest BCUT2D eigenvalue weighted by molar-refractivity contribution is -0.385. The Morgan fingerprint density at radius 3 is 2.62 bits per heavy atom. The Morgan fingerprint density at radius 2 is 1.76 bits per heavy atom. The van der Waals surface area contributed by atoms with Gasteiger partial charge in [0.2, 0.25) is 5.88 Å². The number of nitro benzene ring substituents is 1. The SMILES string of the molecule is O=[N+]([O-])c1ccccc1COc1ccc2ccccc2n1. The number of rotatable bonds is 4. The van der Waals surface area contributed by atoms with Crippen LogP contribution in [0, 0.1) is 10.1 Å². The zero-order chi connectivity index (χ0) is 14.7. The Balaban J connectivity index is 1.82. The molecular formula is C16H12N2O3. The van der Waals surface area contributed by atoms with Crippen molar-refractivity contribution in [2.24, 2.45) is 0 Å². The molecular weight excluding hydrogens is 268 g/mol. The Bertz CT molecular complexity index is 802. The molecule has 3 rings (SSSR count). The molecule has 0 unspecified atom stereocenters.